The van der Waals surface area contributed by atoms with Crippen LogP contribution in [0.4, 0.5) is 0 Å². The molecule has 1 rings (SSSR count). The molecule has 130 valence electrons. The highest BCUT2D eigenvalue weighted by Gasteiger charge is 2.19. The van der Waals surface area contributed by atoms with Gasteiger partial charge in [-0.2, -0.15) is 0 Å². The van der Waals surface area contributed by atoms with Crippen molar-refractivity contribution in [1.29, 1.82) is 0 Å². The Balaban J connectivity index is 0. The van der Waals surface area contributed by atoms with Gasteiger partial charge in [-0.25, -0.2) is 4.79 Å². The topological polar surface area (TPSA) is 49.8 Å². The quantitative estimate of drug-likeness (QED) is 0.760. The first-order chi connectivity index (χ1) is 9.92. The Bertz CT molecular complexity index is 365. The molecule has 1 N–H and O–H groups in total. The van der Waals surface area contributed by atoms with Crippen molar-refractivity contribution in [2.75, 3.05) is 26.2 Å². The lowest BCUT2D eigenvalue weighted by Gasteiger charge is -2.18. The molecule has 4 nitrogen and oxygen atoms in total. The van der Waals surface area contributed by atoms with E-state index >= 15 is 0 Å². The lowest BCUT2D eigenvalue weighted by atomic mass is 10.3. The monoisotopic (exact) mass is 351 g/mol. The number of carbonyl (C=O) groups is 1. The van der Waals surface area contributed by atoms with Crippen LogP contribution < -0.4 is 0 Å². The van der Waals surface area contributed by atoms with E-state index in [-0.39, 0.29) is 12.4 Å². The van der Waals surface area contributed by atoms with Crippen LogP contribution in [0.2, 0.25) is 0 Å². The molecule has 1 aromatic heterocycles. The van der Waals surface area contributed by atoms with E-state index in [1.54, 1.807) is 12.1 Å². The Hall–Kier alpha value is -0.620. The first-order valence-corrected chi connectivity index (χ1v) is 8.40. The second-order valence-corrected chi connectivity index (χ2v) is 6.32. The van der Waals surface area contributed by atoms with Crippen LogP contribution >= 0.6 is 23.7 Å². The van der Waals surface area contributed by atoms with Crippen molar-refractivity contribution < 1.29 is 14.6 Å². The number of likely N-dealkylation sites (N-methyl/N-ethyl adjacent to an activating group) is 1. The molecule has 1 heterocycles. The number of thiophene rings is 1. The number of rotatable bonds is 7. The summed E-state index contributed by atoms with van der Waals surface area (Å²) in [6, 6.07) is 3.52. The molecule has 1 unspecified atom stereocenters. The third-order valence-electron chi connectivity index (χ3n) is 2.58. The molecule has 0 aliphatic carbocycles. The Labute approximate surface area is 144 Å². The average molecular weight is 352 g/mol. The van der Waals surface area contributed by atoms with Gasteiger partial charge in [0.2, 0.25) is 0 Å². The third-order valence-corrected chi connectivity index (χ3v) is 3.51. The molecule has 1 atom stereocenters. The van der Waals surface area contributed by atoms with Crippen molar-refractivity contribution in [3.8, 4) is 0 Å². The van der Waals surface area contributed by atoms with E-state index in [2.05, 4.69) is 39.5 Å². The van der Waals surface area contributed by atoms with Gasteiger partial charge < -0.3 is 14.7 Å². The van der Waals surface area contributed by atoms with Crippen LogP contribution in [0.1, 0.15) is 45.6 Å². The summed E-state index contributed by atoms with van der Waals surface area (Å²) < 4.78 is 5.04. The van der Waals surface area contributed by atoms with Gasteiger partial charge in [0, 0.05) is 11.4 Å². The van der Waals surface area contributed by atoms with Crippen molar-refractivity contribution in [3.63, 3.8) is 0 Å². The molecule has 0 radical (unpaired) electrons. The largest absolute Gasteiger partial charge is 0.462 e. The molecule has 0 aromatic carbocycles. The number of ether oxygens (including phenoxy) is 1. The summed E-state index contributed by atoms with van der Waals surface area (Å²) in [4.78, 5) is 14.3. The number of halogens is 1. The maximum atomic E-state index is 11.5. The van der Waals surface area contributed by atoms with Gasteiger partial charge in [0.25, 0.3) is 0 Å². The fraction of sp³-hybridized carbons (Fsp3) is 0.688. The fourth-order valence-electron chi connectivity index (χ4n) is 1.46. The number of carbonyl (C=O) groups excluding carboxylic acids is 1. The minimum Gasteiger partial charge on any atom is -0.462 e. The van der Waals surface area contributed by atoms with E-state index in [1.807, 2.05) is 5.38 Å². The Kier molecular flexibility index (Phi) is 15.0. The molecule has 0 aliphatic heterocycles. The molecule has 0 saturated carbocycles. The minimum atomic E-state index is -1.15. The van der Waals surface area contributed by atoms with Crippen LogP contribution in [0, 0.1) is 5.92 Å². The van der Waals surface area contributed by atoms with Gasteiger partial charge in [-0.05, 0) is 30.5 Å². The average Bonchev–Trinajstić information content (AvgIpc) is 2.96. The highest BCUT2D eigenvalue weighted by atomic mass is 35.5. The van der Waals surface area contributed by atoms with Crippen LogP contribution in [-0.2, 0) is 9.53 Å². The summed E-state index contributed by atoms with van der Waals surface area (Å²) in [6.07, 6.45) is -1.15. The summed E-state index contributed by atoms with van der Waals surface area (Å²) in [6.45, 7) is 13.5. The Morgan fingerprint density at radius 1 is 1.32 bits per heavy atom. The number of aliphatic hydroxyl groups is 1. The number of aliphatic hydroxyl groups excluding tert-OH is 1. The molecule has 0 spiro atoms. The molecule has 0 saturated heterocycles. The molecule has 0 fully saturated rings. The van der Waals surface area contributed by atoms with Gasteiger partial charge >= 0.3 is 5.97 Å². The summed E-state index contributed by atoms with van der Waals surface area (Å²) in [5.41, 5.74) is 0. The number of nitrogens with zero attached hydrogens (tertiary/aromatic N) is 1. The lowest BCUT2D eigenvalue weighted by molar-refractivity contribution is -0.154. The van der Waals surface area contributed by atoms with Gasteiger partial charge in [-0.3, -0.25) is 0 Å². The maximum Gasteiger partial charge on any atom is 0.340 e. The third kappa shape index (κ3) is 11.0. The molecule has 1 aromatic rings. The number of esters is 1. The fourth-order valence-corrected chi connectivity index (χ4v) is 2.15. The van der Waals surface area contributed by atoms with E-state index < -0.39 is 12.1 Å². The zero-order valence-corrected chi connectivity index (χ0v) is 15.9. The molecular formula is C16H30ClNO3S. The Morgan fingerprint density at radius 3 is 2.27 bits per heavy atom. The first-order valence-electron chi connectivity index (χ1n) is 7.52. The summed E-state index contributed by atoms with van der Waals surface area (Å²) in [7, 11) is 0. The molecule has 0 amide bonds. The minimum absolute atomic E-state index is 0. The predicted molar refractivity (Wildman–Crippen MR) is 95.8 cm³/mol. The highest BCUT2D eigenvalue weighted by Crippen LogP contribution is 2.19. The smallest absolute Gasteiger partial charge is 0.340 e. The van der Waals surface area contributed by atoms with E-state index in [0.717, 1.165) is 19.0 Å². The van der Waals surface area contributed by atoms with Gasteiger partial charge in [0.1, 0.15) is 6.61 Å². The van der Waals surface area contributed by atoms with Gasteiger partial charge in [-0.1, -0.05) is 40.7 Å². The van der Waals surface area contributed by atoms with Crippen LogP contribution in [0.25, 0.3) is 0 Å². The molecular weight excluding hydrogens is 322 g/mol. The summed E-state index contributed by atoms with van der Waals surface area (Å²) in [5, 5.41) is 11.5. The molecule has 0 bridgehead atoms. The van der Waals surface area contributed by atoms with Gasteiger partial charge in [-0.15, -0.1) is 23.7 Å². The normalized spacial score (nSPS) is 11.5. The van der Waals surface area contributed by atoms with Crippen molar-refractivity contribution in [2.24, 2.45) is 5.92 Å². The van der Waals surface area contributed by atoms with Gasteiger partial charge in [0.15, 0.2) is 6.10 Å². The van der Waals surface area contributed by atoms with E-state index in [9.17, 15) is 9.90 Å². The van der Waals surface area contributed by atoms with Crippen LogP contribution in [-0.4, -0.2) is 42.2 Å². The molecule has 0 aliphatic rings. The first kappa shape index (κ1) is 23.6. The van der Waals surface area contributed by atoms with E-state index in [0.29, 0.717) is 18.0 Å². The van der Waals surface area contributed by atoms with Crippen LogP contribution in [0.5, 0.6) is 0 Å². The standard InChI is InChI=1S/C12H19NO3S.C4H10.ClH/c1-3-13(4-2)7-8-16-12(15)11(14)10-6-5-9-17-10;1-4(2)3;/h5-6,9,11,14H,3-4,7-8H2,1-2H3;4H,1-3H3;1H. The second kappa shape index (κ2) is 14.0. The summed E-state index contributed by atoms with van der Waals surface area (Å²) in [5.74, 6) is 0.264. The van der Waals surface area contributed by atoms with Crippen molar-refractivity contribution in [1.82, 2.24) is 4.90 Å². The zero-order valence-electron chi connectivity index (χ0n) is 14.2. The predicted octanol–water partition coefficient (Wildman–Crippen LogP) is 3.75. The van der Waals surface area contributed by atoms with E-state index in [1.165, 1.54) is 11.3 Å². The van der Waals surface area contributed by atoms with Crippen LogP contribution in [0.15, 0.2) is 17.5 Å². The second-order valence-electron chi connectivity index (χ2n) is 5.34. The lowest BCUT2D eigenvalue weighted by Crippen LogP contribution is -2.28. The molecule has 22 heavy (non-hydrogen) atoms. The summed E-state index contributed by atoms with van der Waals surface area (Å²) >= 11 is 1.35. The molecule has 6 heteroatoms. The number of hydrogen-bond acceptors (Lipinski definition) is 5. The SMILES string of the molecule is CC(C)C.CCN(CC)CCOC(=O)C(O)c1cccs1.Cl. The van der Waals surface area contributed by atoms with E-state index in [4.69, 9.17) is 4.74 Å². The highest BCUT2D eigenvalue weighted by molar-refractivity contribution is 7.10. The van der Waals surface area contributed by atoms with Crippen molar-refractivity contribution in [3.05, 3.63) is 22.4 Å². The van der Waals surface area contributed by atoms with Crippen molar-refractivity contribution in [2.45, 2.75) is 40.7 Å². The van der Waals surface area contributed by atoms with Gasteiger partial charge in [0.05, 0.1) is 0 Å². The van der Waals surface area contributed by atoms with Crippen molar-refractivity contribution >= 4 is 29.7 Å². The zero-order chi connectivity index (χ0) is 16.3. The van der Waals surface area contributed by atoms with Crippen LogP contribution in [0.3, 0.4) is 0 Å². The maximum absolute atomic E-state index is 11.5. The number of hydrogen-bond donors (Lipinski definition) is 1. The Morgan fingerprint density at radius 2 is 1.86 bits per heavy atom.